The number of amides is 2. The van der Waals surface area contributed by atoms with Gasteiger partial charge in [0.25, 0.3) is 11.8 Å². The average molecular weight is 448 g/mol. The van der Waals surface area contributed by atoms with Crippen LogP contribution in [0.15, 0.2) is 65.8 Å². The number of hydrogen-bond donors (Lipinski definition) is 2. The summed E-state index contributed by atoms with van der Waals surface area (Å²) in [7, 11) is 0. The third-order valence-electron chi connectivity index (χ3n) is 4.98. The van der Waals surface area contributed by atoms with Gasteiger partial charge in [-0.15, -0.1) is 11.3 Å². The van der Waals surface area contributed by atoms with Gasteiger partial charge in [-0.1, -0.05) is 48.5 Å². The van der Waals surface area contributed by atoms with Gasteiger partial charge in [-0.3, -0.25) is 30.2 Å². The topological polar surface area (TPSA) is 104 Å². The first-order valence-electron chi connectivity index (χ1n) is 10.00. The van der Waals surface area contributed by atoms with Crippen molar-refractivity contribution >= 4 is 40.3 Å². The summed E-state index contributed by atoms with van der Waals surface area (Å²) in [5.41, 5.74) is 7.20. The molecule has 2 N–H and O–H groups in total. The molecule has 2 heterocycles. The van der Waals surface area contributed by atoms with Crippen molar-refractivity contribution in [3.63, 3.8) is 0 Å². The minimum Gasteiger partial charge on any atom is -0.298 e. The number of hydrogen-bond acceptors (Lipinski definition) is 7. The van der Waals surface area contributed by atoms with E-state index < -0.39 is 17.9 Å². The average Bonchev–Trinajstić information content (AvgIpc) is 3.43. The predicted molar refractivity (Wildman–Crippen MR) is 123 cm³/mol. The van der Waals surface area contributed by atoms with E-state index in [4.69, 9.17) is 0 Å². The van der Waals surface area contributed by atoms with Crippen molar-refractivity contribution in [2.75, 3.05) is 5.01 Å². The van der Waals surface area contributed by atoms with Crippen molar-refractivity contribution in [1.82, 2.24) is 15.8 Å². The van der Waals surface area contributed by atoms with Crippen molar-refractivity contribution in [3.8, 4) is 10.6 Å². The summed E-state index contributed by atoms with van der Waals surface area (Å²) in [6.45, 7) is 3.21. The molecule has 1 aromatic heterocycles. The molecule has 0 saturated carbocycles. The van der Waals surface area contributed by atoms with Crippen LogP contribution in [-0.2, 0) is 9.59 Å². The van der Waals surface area contributed by atoms with Crippen molar-refractivity contribution in [1.29, 1.82) is 0 Å². The molecule has 1 aliphatic rings. The molecule has 3 aromatic rings. The van der Waals surface area contributed by atoms with Crippen LogP contribution >= 0.6 is 11.3 Å². The molecular weight excluding hydrogens is 426 g/mol. The van der Waals surface area contributed by atoms with Gasteiger partial charge < -0.3 is 0 Å². The maximum Gasteiger partial charge on any atom is 0.285 e. The van der Waals surface area contributed by atoms with Crippen LogP contribution in [0.2, 0.25) is 0 Å². The van der Waals surface area contributed by atoms with Crippen molar-refractivity contribution in [2.24, 2.45) is 5.10 Å². The summed E-state index contributed by atoms with van der Waals surface area (Å²) >= 11 is 1.25. The Morgan fingerprint density at radius 1 is 0.969 bits per heavy atom. The molecule has 0 saturated heterocycles. The zero-order valence-electron chi connectivity index (χ0n) is 17.5. The molecule has 162 valence electrons. The lowest BCUT2D eigenvalue weighted by Gasteiger charge is -2.20. The summed E-state index contributed by atoms with van der Waals surface area (Å²) < 4.78 is 0. The molecular formula is C23H21N5O3S. The number of nitrogens with zero attached hydrogens (tertiary/aromatic N) is 3. The van der Waals surface area contributed by atoms with Gasteiger partial charge in [0, 0.05) is 12.0 Å². The number of hydrazone groups is 1. The summed E-state index contributed by atoms with van der Waals surface area (Å²) in [5.74, 6) is -1.12. The molecule has 0 spiro atoms. The van der Waals surface area contributed by atoms with Gasteiger partial charge in [0.1, 0.15) is 21.6 Å². The number of hydrazine groups is 1. The maximum atomic E-state index is 12.6. The van der Waals surface area contributed by atoms with Crippen LogP contribution < -0.4 is 15.9 Å². The Morgan fingerprint density at radius 3 is 2.25 bits per heavy atom. The molecule has 0 bridgehead atoms. The molecule has 9 heteroatoms. The van der Waals surface area contributed by atoms with Gasteiger partial charge >= 0.3 is 0 Å². The van der Waals surface area contributed by atoms with Gasteiger partial charge in [-0.05, 0) is 26.0 Å². The Hall–Kier alpha value is -3.85. The van der Waals surface area contributed by atoms with Crippen molar-refractivity contribution in [3.05, 3.63) is 71.2 Å². The zero-order valence-corrected chi connectivity index (χ0v) is 18.3. The van der Waals surface area contributed by atoms with E-state index in [1.807, 2.05) is 60.7 Å². The highest BCUT2D eigenvalue weighted by Gasteiger charge is 2.34. The Balaban J connectivity index is 1.44. The molecule has 2 amide bonds. The number of rotatable bonds is 5. The fourth-order valence-corrected chi connectivity index (χ4v) is 4.30. The van der Waals surface area contributed by atoms with Gasteiger partial charge in [0.05, 0.1) is 11.4 Å². The second kappa shape index (κ2) is 9.11. The van der Waals surface area contributed by atoms with Crippen molar-refractivity contribution < 1.29 is 14.4 Å². The third-order valence-corrected chi connectivity index (χ3v) is 6.18. The minimum atomic E-state index is -0.564. The number of para-hydroxylation sites is 1. The normalized spacial score (nSPS) is 15.2. The number of aryl methyl sites for hydroxylation is 1. The standard InChI is InChI=1S/C23H21N5O3S/c1-14-20(32-23(24-14)16-9-5-3-6-10-16)22(31)26-25-21(30)18-13-19(15(2)29)28(27-18)17-11-7-4-8-12-17/h3-12,19H,13H2,1-2H3,(H,25,30)(H,26,31). The van der Waals surface area contributed by atoms with Gasteiger partial charge in [-0.25, -0.2) is 4.98 Å². The number of anilines is 1. The monoisotopic (exact) mass is 447 g/mol. The lowest BCUT2D eigenvalue weighted by Crippen LogP contribution is -2.44. The van der Waals surface area contributed by atoms with Crippen LogP contribution in [0.3, 0.4) is 0 Å². The number of Topliss-reactive ketones (excluding diaryl/α,β-unsaturated/α-hetero) is 1. The van der Waals surface area contributed by atoms with E-state index >= 15 is 0 Å². The maximum absolute atomic E-state index is 12.6. The van der Waals surface area contributed by atoms with Crippen LogP contribution in [0, 0.1) is 6.92 Å². The van der Waals surface area contributed by atoms with E-state index in [1.54, 1.807) is 11.9 Å². The smallest absolute Gasteiger partial charge is 0.285 e. The second-order valence-corrected chi connectivity index (χ2v) is 8.26. The zero-order chi connectivity index (χ0) is 22.7. The summed E-state index contributed by atoms with van der Waals surface area (Å²) in [4.78, 5) is 42.2. The molecule has 0 aliphatic carbocycles. The fraction of sp³-hybridized carbons (Fsp3) is 0.174. The van der Waals surface area contributed by atoms with Crippen LogP contribution in [0.1, 0.15) is 28.7 Å². The summed E-state index contributed by atoms with van der Waals surface area (Å²) in [6, 6.07) is 18.2. The van der Waals surface area contributed by atoms with E-state index in [0.29, 0.717) is 16.3 Å². The Bertz CT molecular complexity index is 1190. The van der Waals surface area contributed by atoms with Crippen molar-refractivity contribution in [2.45, 2.75) is 26.3 Å². The van der Waals surface area contributed by atoms with Gasteiger partial charge in [0.15, 0.2) is 5.78 Å². The van der Waals surface area contributed by atoms with E-state index in [9.17, 15) is 14.4 Å². The van der Waals surface area contributed by atoms with E-state index in [-0.39, 0.29) is 17.9 Å². The number of benzene rings is 2. The number of nitrogens with one attached hydrogen (secondary N) is 2. The minimum absolute atomic E-state index is 0.0989. The van der Waals surface area contributed by atoms with Gasteiger partial charge in [-0.2, -0.15) is 5.10 Å². The third kappa shape index (κ3) is 4.42. The quantitative estimate of drug-likeness (QED) is 0.585. The fourth-order valence-electron chi connectivity index (χ4n) is 3.34. The molecule has 0 radical (unpaired) electrons. The molecule has 0 fully saturated rings. The molecule has 1 aliphatic heterocycles. The summed E-state index contributed by atoms with van der Waals surface area (Å²) in [6.07, 6.45) is 0.156. The van der Waals surface area contributed by atoms with Crippen LogP contribution in [0.5, 0.6) is 0 Å². The molecule has 2 aromatic carbocycles. The van der Waals surface area contributed by atoms with Crippen LogP contribution in [-0.4, -0.2) is 34.3 Å². The summed E-state index contributed by atoms with van der Waals surface area (Å²) in [5, 5.41) is 6.59. The van der Waals surface area contributed by atoms with Gasteiger partial charge in [0.2, 0.25) is 0 Å². The van der Waals surface area contributed by atoms with E-state index in [2.05, 4.69) is 20.9 Å². The number of aromatic nitrogens is 1. The first-order valence-corrected chi connectivity index (χ1v) is 10.8. The first-order chi connectivity index (χ1) is 15.4. The van der Waals surface area contributed by atoms with E-state index in [0.717, 1.165) is 10.6 Å². The highest BCUT2D eigenvalue weighted by atomic mass is 32.1. The highest BCUT2D eigenvalue weighted by Crippen LogP contribution is 2.28. The first kappa shape index (κ1) is 21.4. The SMILES string of the molecule is CC(=O)C1CC(C(=O)NNC(=O)c2sc(-c3ccccc3)nc2C)=NN1c1ccccc1. The molecule has 4 rings (SSSR count). The second-order valence-electron chi connectivity index (χ2n) is 7.27. The number of ketones is 1. The largest absolute Gasteiger partial charge is 0.298 e. The van der Waals surface area contributed by atoms with E-state index in [1.165, 1.54) is 18.3 Å². The lowest BCUT2D eigenvalue weighted by atomic mass is 10.1. The predicted octanol–water partition coefficient (Wildman–Crippen LogP) is 3.10. The Labute approximate surface area is 188 Å². The molecule has 1 unspecified atom stereocenters. The van der Waals surface area contributed by atoms with Crippen LogP contribution in [0.4, 0.5) is 5.69 Å². The van der Waals surface area contributed by atoms with Crippen LogP contribution in [0.25, 0.3) is 10.6 Å². The number of carbonyl (C=O) groups is 3. The lowest BCUT2D eigenvalue weighted by molar-refractivity contribution is -0.118. The molecule has 32 heavy (non-hydrogen) atoms. The number of thiazole rings is 1. The highest BCUT2D eigenvalue weighted by molar-refractivity contribution is 7.17. The molecule has 8 nitrogen and oxygen atoms in total. The Kier molecular flexibility index (Phi) is 6.09. The Morgan fingerprint density at radius 2 is 1.59 bits per heavy atom. The number of carbonyl (C=O) groups excluding carboxylic acids is 3. The molecule has 1 atom stereocenters.